The number of rotatable bonds is 15. The van der Waals surface area contributed by atoms with Crippen LogP contribution in [0.3, 0.4) is 0 Å². The molecule has 0 aliphatic rings. The first kappa shape index (κ1) is 29.1. The van der Waals surface area contributed by atoms with Gasteiger partial charge in [0.25, 0.3) is 0 Å². The lowest BCUT2D eigenvalue weighted by molar-refractivity contribution is -0.142. The fourth-order valence-corrected chi connectivity index (χ4v) is 2.75. The number of carboxylic acid groups (broad SMARTS) is 3. The lowest BCUT2D eigenvalue weighted by atomic mass is 9.97. The summed E-state index contributed by atoms with van der Waals surface area (Å²) < 4.78 is 0. The van der Waals surface area contributed by atoms with Crippen LogP contribution in [-0.4, -0.2) is 80.9 Å². The molecule has 14 heteroatoms. The monoisotopic (exact) mass is 478 g/mol. The maximum Gasteiger partial charge on any atom is 0.327 e. The maximum atomic E-state index is 12.8. The maximum absolute atomic E-state index is 12.8. The third-order valence-electron chi connectivity index (χ3n) is 4.60. The number of hydrogen-bond donors (Lipinski definition) is 8. The van der Waals surface area contributed by atoms with Crippen LogP contribution in [0.15, 0.2) is 0 Å². The normalized spacial score (nSPS) is 15.4. The molecule has 0 aliphatic heterocycles. The summed E-state index contributed by atoms with van der Waals surface area (Å²) in [4.78, 5) is 70.3. The van der Waals surface area contributed by atoms with Crippen molar-refractivity contribution in [2.45, 2.75) is 63.7 Å². The van der Waals surface area contributed by atoms with Crippen molar-refractivity contribution < 1.29 is 44.1 Å². The predicted octanol–water partition coefficient (Wildman–Crippen LogP) is -1.83. The van der Waals surface area contributed by atoms with Crippen LogP contribution in [0.25, 0.3) is 0 Å². The summed E-state index contributed by atoms with van der Waals surface area (Å²) >= 11 is 3.86. The Kier molecular flexibility index (Phi) is 13.0. The van der Waals surface area contributed by atoms with Crippen LogP contribution in [0.1, 0.15) is 39.5 Å². The number of nitrogens with two attached hydrogens (primary N) is 1. The molecular weight excluding hydrogens is 448 g/mol. The van der Waals surface area contributed by atoms with Gasteiger partial charge >= 0.3 is 17.9 Å². The molecule has 13 nitrogen and oxygen atoms in total. The Morgan fingerprint density at radius 2 is 1.44 bits per heavy atom. The first-order valence-corrected chi connectivity index (χ1v) is 10.4. The molecule has 0 heterocycles. The van der Waals surface area contributed by atoms with E-state index in [0.717, 1.165) is 0 Å². The Bertz CT molecular complexity index is 719. The van der Waals surface area contributed by atoms with E-state index >= 15 is 0 Å². The average molecular weight is 479 g/mol. The number of hydrogen-bond acceptors (Lipinski definition) is 8. The Morgan fingerprint density at radius 3 is 1.88 bits per heavy atom. The van der Waals surface area contributed by atoms with Crippen molar-refractivity contribution in [1.29, 1.82) is 0 Å². The largest absolute Gasteiger partial charge is 0.481 e. The van der Waals surface area contributed by atoms with E-state index in [1.807, 2.05) is 0 Å². The average Bonchev–Trinajstić information content (AvgIpc) is 2.70. The van der Waals surface area contributed by atoms with Crippen LogP contribution in [0.4, 0.5) is 0 Å². The second-order valence-corrected chi connectivity index (χ2v) is 7.52. The minimum Gasteiger partial charge on any atom is -0.481 e. The lowest BCUT2D eigenvalue weighted by Gasteiger charge is -2.27. The van der Waals surface area contributed by atoms with Crippen LogP contribution < -0.4 is 21.7 Å². The second-order valence-electron chi connectivity index (χ2n) is 7.15. The minimum absolute atomic E-state index is 0.193. The third kappa shape index (κ3) is 10.4. The van der Waals surface area contributed by atoms with Crippen molar-refractivity contribution in [3.05, 3.63) is 0 Å². The molecule has 8 N–H and O–H groups in total. The van der Waals surface area contributed by atoms with Gasteiger partial charge in [-0.3, -0.25) is 24.0 Å². The molecule has 182 valence electrons. The third-order valence-corrected chi connectivity index (χ3v) is 4.97. The fraction of sp³-hybridized carbons (Fsp3) is 0.667. The number of amides is 3. The number of aliphatic carboxylic acids is 3. The number of carbonyl (C=O) groups excluding carboxylic acids is 3. The van der Waals surface area contributed by atoms with Crippen molar-refractivity contribution in [3.63, 3.8) is 0 Å². The molecule has 0 saturated carbocycles. The molecule has 0 spiro atoms. The van der Waals surface area contributed by atoms with Gasteiger partial charge < -0.3 is 37.0 Å². The van der Waals surface area contributed by atoms with Crippen molar-refractivity contribution in [1.82, 2.24) is 16.0 Å². The van der Waals surface area contributed by atoms with Crippen molar-refractivity contribution >= 4 is 48.3 Å². The van der Waals surface area contributed by atoms with Crippen molar-refractivity contribution in [2.75, 3.05) is 5.75 Å². The standard InChI is InChI=1S/C18H30N4O9S/c1-3-8(2)14(17(29)21-11(7-32)18(30)31)22-16(28)10(4-5-12(23)24)20-15(27)9(19)6-13(25)26/h8-11,14,32H,3-7,19H2,1-2H3,(H,20,27)(H,21,29)(H,22,28)(H,23,24)(H,25,26)(H,30,31). The first-order valence-electron chi connectivity index (χ1n) is 9.77. The Balaban J connectivity index is 5.55. The van der Waals surface area contributed by atoms with E-state index in [0.29, 0.717) is 6.42 Å². The molecule has 0 aromatic rings. The van der Waals surface area contributed by atoms with Gasteiger partial charge in [0.15, 0.2) is 0 Å². The summed E-state index contributed by atoms with van der Waals surface area (Å²) in [6, 6.07) is -5.39. The lowest BCUT2D eigenvalue weighted by Crippen LogP contribution is -2.59. The zero-order valence-corrected chi connectivity index (χ0v) is 18.6. The van der Waals surface area contributed by atoms with Crippen molar-refractivity contribution in [2.24, 2.45) is 11.7 Å². The zero-order chi connectivity index (χ0) is 25.0. The summed E-state index contributed by atoms with van der Waals surface area (Å²) in [6.07, 6.45) is -1.15. The molecule has 0 aromatic carbocycles. The second kappa shape index (κ2) is 14.2. The van der Waals surface area contributed by atoms with Crippen LogP contribution in [0, 0.1) is 5.92 Å². The molecule has 5 atom stereocenters. The van der Waals surface area contributed by atoms with Gasteiger partial charge in [0.2, 0.25) is 17.7 Å². The molecule has 0 bridgehead atoms. The van der Waals surface area contributed by atoms with E-state index in [2.05, 4.69) is 28.6 Å². The number of nitrogens with one attached hydrogen (secondary N) is 3. The van der Waals surface area contributed by atoms with Crippen LogP contribution in [-0.2, 0) is 28.8 Å². The summed E-state index contributed by atoms with van der Waals surface area (Å²) in [5, 5.41) is 33.6. The van der Waals surface area contributed by atoms with Gasteiger partial charge in [-0.25, -0.2) is 4.79 Å². The van der Waals surface area contributed by atoms with Crippen LogP contribution in [0.5, 0.6) is 0 Å². The van der Waals surface area contributed by atoms with E-state index in [9.17, 15) is 28.8 Å². The van der Waals surface area contributed by atoms with Gasteiger partial charge in [0.05, 0.1) is 12.5 Å². The highest BCUT2D eigenvalue weighted by Gasteiger charge is 2.32. The van der Waals surface area contributed by atoms with E-state index in [1.54, 1.807) is 13.8 Å². The molecule has 0 aromatic heterocycles. The molecule has 0 radical (unpaired) electrons. The van der Waals surface area contributed by atoms with E-state index in [-0.39, 0.29) is 12.2 Å². The smallest absolute Gasteiger partial charge is 0.327 e. The van der Waals surface area contributed by atoms with Gasteiger partial charge in [0, 0.05) is 12.2 Å². The van der Waals surface area contributed by atoms with Gasteiger partial charge in [-0.2, -0.15) is 12.6 Å². The fourth-order valence-electron chi connectivity index (χ4n) is 2.50. The molecule has 0 fully saturated rings. The van der Waals surface area contributed by atoms with Crippen LogP contribution >= 0.6 is 12.6 Å². The molecule has 0 rings (SSSR count). The Morgan fingerprint density at radius 1 is 0.875 bits per heavy atom. The predicted molar refractivity (Wildman–Crippen MR) is 114 cm³/mol. The Hall–Kier alpha value is -2.87. The quantitative estimate of drug-likeness (QED) is 0.123. The Labute approximate surface area is 189 Å². The van der Waals surface area contributed by atoms with Gasteiger partial charge in [0.1, 0.15) is 18.1 Å². The minimum atomic E-state index is -1.48. The van der Waals surface area contributed by atoms with E-state index < -0.39 is 78.6 Å². The van der Waals surface area contributed by atoms with E-state index in [4.69, 9.17) is 21.1 Å². The summed E-state index contributed by atoms with van der Waals surface area (Å²) in [5.41, 5.74) is 5.47. The highest BCUT2D eigenvalue weighted by Crippen LogP contribution is 2.10. The first-order chi connectivity index (χ1) is 14.8. The number of carboxylic acids is 3. The number of carbonyl (C=O) groups is 6. The van der Waals surface area contributed by atoms with Crippen molar-refractivity contribution in [3.8, 4) is 0 Å². The summed E-state index contributed by atoms with van der Waals surface area (Å²) in [6.45, 7) is 3.37. The summed E-state index contributed by atoms with van der Waals surface area (Å²) in [5.74, 6) is -7.23. The SMILES string of the molecule is CCC(C)C(NC(=O)C(CCC(=O)O)NC(=O)C(N)CC(=O)O)C(=O)NC(CS)C(=O)O. The van der Waals surface area contributed by atoms with Crippen LogP contribution in [0.2, 0.25) is 0 Å². The molecule has 3 amide bonds. The molecule has 0 saturated heterocycles. The van der Waals surface area contributed by atoms with Gasteiger partial charge in [-0.1, -0.05) is 20.3 Å². The molecular formula is C18H30N4O9S. The zero-order valence-electron chi connectivity index (χ0n) is 17.7. The van der Waals surface area contributed by atoms with E-state index in [1.165, 1.54) is 0 Å². The summed E-state index contributed by atoms with van der Waals surface area (Å²) in [7, 11) is 0. The van der Waals surface area contributed by atoms with Gasteiger partial charge in [-0.05, 0) is 12.3 Å². The molecule has 0 aliphatic carbocycles. The highest BCUT2D eigenvalue weighted by atomic mass is 32.1. The number of thiol groups is 1. The van der Waals surface area contributed by atoms with Gasteiger partial charge in [-0.15, -0.1) is 0 Å². The molecule has 32 heavy (non-hydrogen) atoms. The highest BCUT2D eigenvalue weighted by molar-refractivity contribution is 7.80. The topological polar surface area (TPSA) is 225 Å². The molecule has 5 unspecified atom stereocenters.